The van der Waals surface area contributed by atoms with E-state index >= 15 is 0 Å². The van der Waals surface area contributed by atoms with Gasteiger partial charge in [-0.25, -0.2) is 4.39 Å². The molecule has 0 saturated heterocycles. The minimum atomic E-state index is -0.532. The molecule has 0 radical (unpaired) electrons. The SMILES string of the molecule is C=Cc1c(-c2ccc(Cl)c(F)c2C)c(CC=O)n(C)c(=O)c1C=C. The van der Waals surface area contributed by atoms with Gasteiger partial charge in [-0.2, -0.15) is 0 Å². The van der Waals surface area contributed by atoms with Crippen LogP contribution in [0.1, 0.15) is 22.4 Å². The van der Waals surface area contributed by atoms with Crippen LogP contribution in [-0.2, 0) is 18.3 Å². The van der Waals surface area contributed by atoms with E-state index in [1.54, 1.807) is 20.0 Å². The van der Waals surface area contributed by atoms with E-state index in [0.717, 1.165) is 0 Å². The van der Waals surface area contributed by atoms with Gasteiger partial charge >= 0.3 is 0 Å². The summed E-state index contributed by atoms with van der Waals surface area (Å²) < 4.78 is 15.7. The van der Waals surface area contributed by atoms with Crippen molar-refractivity contribution >= 4 is 30.0 Å². The quantitative estimate of drug-likeness (QED) is 0.762. The van der Waals surface area contributed by atoms with E-state index in [4.69, 9.17) is 11.6 Å². The monoisotopic (exact) mass is 345 g/mol. The van der Waals surface area contributed by atoms with E-state index in [1.807, 2.05) is 0 Å². The average Bonchev–Trinajstić information content (AvgIpc) is 2.57. The minimum absolute atomic E-state index is 0.0158. The molecule has 0 aliphatic rings. The first-order valence-electron chi connectivity index (χ1n) is 7.28. The van der Waals surface area contributed by atoms with E-state index in [0.29, 0.717) is 39.8 Å². The Hall–Kier alpha value is -2.46. The van der Waals surface area contributed by atoms with E-state index < -0.39 is 5.82 Å². The molecule has 2 rings (SSSR count). The number of pyridine rings is 1. The lowest BCUT2D eigenvalue weighted by Crippen LogP contribution is -2.25. The van der Waals surface area contributed by atoms with Gasteiger partial charge in [0.15, 0.2) is 0 Å². The Bertz CT molecular complexity index is 913. The normalized spacial score (nSPS) is 10.5. The van der Waals surface area contributed by atoms with Crippen molar-refractivity contribution in [3.05, 3.63) is 68.9 Å². The van der Waals surface area contributed by atoms with Gasteiger partial charge in [-0.1, -0.05) is 43.0 Å². The van der Waals surface area contributed by atoms with Crippen LogP contribution in [0.2, 0.25) is 5.02 Å². The van der Waals surface area contributed by atoms with Crippen LogP contribution in [0.3, 0.4) is 0 Å². The fourth-order valence-electron chi connectivity index (χ4n) is 2.83. The molecule has 0 fully saturated rings. The van der Waals surface area contributed by atoms with Crippen LogP contribution in [0.15, 0.2) is 30.1 Å². The molecule has 5 heteroatoms. The number of nitrogens with zero attached hydrogens (tertiary/aromatic N) is 1. The van der Waals surface area contributed by atoms with Crippen molar-refractivity contribution in [2.24, 2.45) is 7.05 Å². The summed E-state index contributed by atoms with van der Waals surface area (Å²) in [5, 5.41) is 0.0158. The van der Waals surface area contributed by atoms with Crippen molar-refractivity contribution in [3.8, 4) is 11.1 Å². The highest BCUT2D eigenvalue weighted by molar-refractivity contribution is 6.30. The summed E-state index contributed by atoms with van der Waals surface area (Å²) in [6.45, 7) is 9.05. The highest BCUT2D eigenvalue weighted by Gasteiger charge is 2.21. The summed E-state index contributed by atoms with van der Waals surface area (Å²) in [7, 11) is 1.58. The molecule has 0 amide bonds. The van der Waals surface area contributed by atoms with Crippen molar-refractivity contribution in [2.75, 3.05) is 0 Å². The number of benzene rings is 1. The van der Waals surface area contributed by atoms with E-state index in [2.05, 4.69) is 13.2 Å². The van der Waals surface area contributed by atoms with Crippen LogP contribution in [-0.4, -0.2) is 10.9 Å². The summed E-state index contributed by atoms with van der Waals surface area (Å²) in [5.74, 6) is -0.532. The van der Waals surface area contributed by atoms with Crippen LogP contribution >= 0.6 is 11.6 Å². The molecular formula is C19H17ClFNO2. The van der Waals surface area contributed by atoms with Crippen molar-refractivity contribution < 1.29 is 9.18 Å². The zero-order valence-corrected chi connectivity index (χ0v) is 14.3. The lowest BCUT2D eigenvalue weighted by molar-refractivity contribution is -0.107. The van der Waals surface area contributed by atoms with E-state index in [-0.39, 0.29) is 17.0 Å². The van der Waals surface area contributed by atoms with Crippen molar-refractivity contribution in [1.82, 2.24) is 4.57 Å². The fourth-order valence-corrected chi connectivity index (χ4v) is 3.03. The van der Waals surface area contributed by atoms with Gasteiger partial charge in [0.2, 0.25) is 0 Å². The Morgan fingerprint density at radius 3 is 2.42 bits per heavy atom. The minimum Gasteiger partial charge on any atom is -0.314 e. The number of carbonyl (C=O) groups is 1. The van der Waals surface area contributed by atoms with Crippen LogP contribution in [0.25, 0.3) is 23.3 Å². The lowest BCUT2D eigenvalue weighted by Gasteiger charge is -2.20. The zero-order chi connectivity index (χ0) is 18.0. The summed E-state index contributed by atoms with van der Waals surface area (Å²) in [6, 6.07) is 3.13. The number of rotatable bonds is 5. The number of hydrogen-bond donors (Lipinski definition) is 0. The molecule has 0 atom stereocenters. The maximum atomic E-state index is 14.3. The molecule has 0 aliphatic heterocycles. The van der Waals surface area contributed by atoms with Crippen LogP contribution in [0.4, 0.5) is 4.39 Å². The van der Waals surface area contributed by atoms with Gasteiger partial charge in [0, 0.05) is 30.3 Å². The van der Waals surface area contributed by atoms with Crippen molar-refractivity contribution in [2.45, 2.75) is 13.3 Å². The highest BCUT2D eigenvalue weighted by atomic mass is 35.5. The van der Waals surface area contributed by atoms with Gasteiger partial charge in [0.25, 0.3) is 5.56 Å². The van der Waals surface area contributed by atoms with Gasteiger partial charge in [0.05, 0.1) is 5.02 Å². The molecule has 0 N–H and O–H groups in total. The van der Waals surface area contributed by atoms with Gasteiger partial charge in [-0.3, -0.25) is 4.79 Å². The third kappa shape index (κ3) is 2.74. The topological polar surface area (TPSA) is 39.1 Å². The Morgan fingerprint density at radius 2 is 1.88 bits per heavy atom. The predicted octanol–water partition coefficient (Wildman–Crippen LogP) is 4.18. The lowest BCUT2D eigenvalue weighted by atomic mass is 9.90. The van der Waals surface area contributed by atoms with Crippen molar-refractivity contribution in [3.63, 3.8) is 0 Å². The predicted molar refractivity (Wildman–Crippen MR) is 96.8 cm³/mol. The highest BCUT2D eigenvalue weighted by Crippen LogP contribution is 2.35. The largest absolute Gasteiger partial charge is 0.314 e. The Labute approximate surface area is 144 Å². The molecule has 0 saturated carbocycles. The maximum Gasteiger partial charge on any atom is 0.258 e. The smallest absolute Gasteiger partial charge is 0.258 e. The molecule has 0 bridgehead atoms. The maximum absolute atomic E-state index is 14.3. The van der Waals surface area contributed by atoms with Crippen LogP contribution in [0.5, 0.6) is 0 Å². The van der Waals surface area contributed by atoms with Gasteiger partial charge in [-0.05, 0) is 29.7 Å². The Morgan fingerprint density at radius 1 is 1.25 bits per heavy atom. The zero-order valence-electron chi connectivity index (χ0n) is 13.5. The first-order chi connectivity index (χ1) is 11.4. The molecule has 0 spiro atoms. The summed E-state index contributed by atoms with van der Waals surface area (Å²) in [5.41, 5.74) is 2.56. The molecule has 0 aliphatic carbocycles. The summed E-state index contributed by atoms with van der Waals surface area (Å²) in [6.07, 6.45) is 3.69. The van der Waals surface area contributed by atoms with Crippen molar-refractivity contribution in [1.29, 1.82) is 0 Å². The second kappa shape index (κ2) is 6.97. The first-order valence-corrected chi connectivity index (χ1v) is 7.66. The molecule has 1 heterocycles. The molecule has 0 unspecified atom stereocenters. The van der Waals surface area contributed by atoms with Crippen LogP contribution < -0.4 is 5.56 Å². The molecular weight excluding hydrogens is 329 g/mol. The second-order valence-corrected chi connectivity index (χ2v) is 5.73. The van der Waals surface area contributed by atoms with Gasteiger partial charge < -0.3 is 9.36 Å². The number of carbonyl (C=O) groups excluding carboxylic acids is 1. The standard InChI is InChI=1S/C19H17ClFNO2/c1-5-12-13(6-2)19(24)22(4)16(9-10-23)17(12)14-7-8-15(20)18(21)11(14)3/h5-8,10H,1-2,9H2,3-4H3. The van der Waals surface area contributed by atoms with Gasteiger partial charge in [0.1, 0.15) is 12.1 Å². The third-order valence-corrected chi connectivity index (χ3v) is 4.37. The van der Waals surface area contributed by atoms with Crippen LogP contribution in [0, 0.1) is 12.7 Å². The first kappa shape index (κ1) is 17.9. The average molecular weight is 346 g/mol. The molecule has 3 nitrogen and oxygen atoms in total. The number of aromatic nitrogens is 1. The third-order valence-electron chi connectivity index (χ3n) is 4.08. The van der Waals surface area contributed by atoms with E-state index in [1.165, 1.54) is 22.8 Å². The molecule has 1 aromatic heterocycles. The van der Waals surface area contributed by atoms with Gasteiger partial charge in [-0.15, -0.1) is 0 Å². The molecule has 24 heavy (non-hydrogen) atoms. The number of halogens is 2. The summed E-state index contributed by atoms with van der Waals surface area (Å²) in [4.78, 5) is 23.6. The molecule has 124 valence electrons. The summed E-state index contributed by atoms with van der Waals surface area (Å²) >= 11 is 5.84. The number of aldehydes is 1. The number of hydrogen-bond acceptors (Lipinski definition) is 2. The second-order valence-electron chi connectivity index (χ2n) is 5.33. The molecule has 2 aromatic rings. The fraction of sp³-hybridized carbons (Fsp3) is 0.158. The van der Waals surface area contributed by atoms with E-state index in [9.17, 15) is 14.0 Å². The Balaban J connectivity index is 3.06. The molecule has 1 aromatic carbocycles. The Kier molecular flexibility index (Phi) is 5.20.